The molecule has 3 atom stereocenters. The van der Waals surface area contributed by atoms with Gasteiger partial charge in [0, 0.05) is 6.42 Å². The summed E-state index contributed by atoms with van der Waals surface area (Å²) < 4.78 is 10.5. The highest BCUT2D eigenvalue weighted by Crippen LogP contribution is 2.40. The van der Waals surface area contributed by atoms with Crippen molar-refractivity contribution in [2.45, 2.75) is 18.8 Å². The second-order valence-electron chi connectivity index (χ2n) is 8.80. The molecule has 178 valence electrons. The van der Waals surface area contributed by atoms with Gasteiger partial charge in [-0.15, -0.1) is 0 Å². The molecular weight excluding hydrogens is 436 g/mol. The van der Waals surface area contributed by atoms with E-state index in [1.807, 2.05) is 91.0 Å². The Labute approximate surface area is 206 Å². The van der Waals surface area contributed by atoms with Crippen LogP contribution < -0.4 is 9.47 Å². The fourth-order valence-corrected chi connectivity index (χ4v) is 4.64. The van der Waals surface area contributed by atoms with Gasteiger partial charge in [-0.05, 0) is 65.3 Å². The molecule has 0 aliphatic heterocycles. The maximum absolute atomic E-state index is 13.3. The quantitative estimate of drug-likeness (QED) is 0.286. The summed E-state index contributed by atoms with van der Waals surface area (Å²) in [6.07, 6.45) is 8.45. The Morgan fingerprint density at radius 1 is 0.800 bits per heavy atom. The first-order valence-electron chi connectivity index (χ1n) is 11.8. The van der Waals surface area contributed by atoms with Gasteiger partial charge >= 0.3 is 0 Å². The number of rotatable bonds is 8. The molecule has 1 fully saturated rings. The maximum Gasteiger partial charge on any atom is 0.166 e. The van der Waals surface area contributed by atoms with Crippen LogP contribution in [0.3, 0.4) is 0 Å². The first kappa shape index (κ1) is 24.2. The Hall–Kier alpha value is -3.92. The van der Waals surface area contributed by atoms with Crippen molar-refractivity contribution in [3.05, 3.63) is 108 Å². The van der Waals surface area contributed by atoms with E-state index < -0.39 is 5.92 Å². The lowest BCUT2D eigenvalue weighted by Crippen LogP contribution is -2.36. The number of carbonyl (C=O) groups excluding carboxylic acids is 2. The number of allylic oxidation sites excluding steroid dienone is 2. The molecule has 1 unspecified atom stereocenters. The number of hydrogen-bond donors (Lipinski definition) is 0. The van der Waals surface area contributed by atoms with Crippen LogP contribution in [0, 0.1) is 11.8 Å². The lowest BCUT2D eigenvalue weighted by atomic mass is 9.69. The second kappa shape index (κ2) is 11.5. The first-order chi connectivity index (χ1) is 17.1. The van der Waals surface area contributed by atoms with Gasteiger partial charge < -0.3 is 9.47 Å². The minimum absolute atomic E-state index is 0.0100. The van der Waals surface area contributed by atoms with Gasteiger partial charge in [0.25, 0.3) is 0 Å². The van der Waals surface area contributed by atoms with Crippen LogP contribution in [0.5, 0.6) is 11.5 Å². The third-order valence-electron chi connectivity index (χ3n) is 6.56. The van der Waals surface area contributed by atoms with Gasteiger partial charge in [0.15, 0.2) is 5.78 Å². The number of hydrogen-bond acceptors (Lipinski definition) is 4. The Kier molecular flexibility index (Phi) is 7.94. The van der Waals surface area contributed by atoms with Crippen LogP contribution in [0.25, 0.3) is 12.2 Å². The molecule has 0 radical (unpaired) electrons. The van der Waals surface area contributed by atoms with Crippen LogP contribution in [-0.4, -0.2) is 25.8 Å². The zero-order chi connectivity index (χ0) is 24.6. The molecule has 3 aromatic rings. The van der Waals surface area contributed by atoms with Crippen molar-refractivity contribution >= 4 is 23.7 Å². The van der Waals surface area contributed by atoms with Crippen LogP contribution in [0.4, 0.5) is 0 Å². The highest BCUT2D eigenvalue weighted by Gasteiger charge is 2.39. The molecule has 0 heterocycles. The van der Waals surface area contributed by atoms with E-state index in [-0.39, 0.29) is 23.4 Å². The third-order valence-corrected chi connectivity index (χ3v) is 6.56. The van der Waals surface area contributed by atoms with Crippen molar-refractivity contribution in [3.63, 3.8) is 0 Å². The van der Waals surface area contributed by atoms with Crippen molar-refractivity contribution < 1.29 is 19.1 Å². The summed E-state index contributed by atoms with van der Waals surface area (Å²) in [6.45, 7) is 0. The SMILES string of the molecule is COc1ccc(/C=C/C(=O)C2C(=O)C[C@H](c3ccc(OC)cc3)C[C@H]2/C=C/c2ccccc2)cc1. The van der Waals surface area contributed by atoms with Crippen LogP contribution in [0.15, 0.2) is 91.0 Å². The van der Waals surface area contributed by atoms with Gasteiger partial charge in [-0.25, -0.2) is 0 Å². The van der Waals surface area contributed by atoms with Gasteiger partial charge in [0.2, 0.25) is 0 Å². The topological polar surface area (TPSA) is 52.6 Å². The van der Waals surface area contributed by atoms with Gasteiger partial charge in [0.1, 0.15) is 17.3 Å². The highest BCUT2D eigenvalue weighted by atomic mass is 16.5. The fraction of sp³-hybridized carbons (Fsp3) is 0.226. The zero-order valence-corrected chi connectivity index (χ0v) is 20.1. The van der Waals surface area contributed by atoms with E-state index in [4.69, 9.17) is 9.47 Å². The Bertz CT molecular complexity index is 1190. The van der Waals surface area contributed by atoms with Crippen LogP contribution in [-0.2, 0) is 9.59 Å². The molecular formula is C31H30O4. The van der Waals surface area contributed by atoms with E-state index in [1.165, 1.54) is 0 Å². The van der Waals surface area contributed by atoms with E-state index in [0.29, 0.717) is 6.42 Å². The van der Waals surface area contributed by atoms with Gasteiger partial charge in [-0.2, -0.15) is 0 Å². The van der Waals surface area contributed by atoms with E-state index in [0.717, 1.165) is 34.6 Å². The average Bonchev–Trinajstić information content (AvgIpc) is 2.91. The zero-order valence-electron chi connectivity index (χ0n) is 20.1. The van der Waals surface area contributed by atoms with Crippen molar-refractivity contribution in [2.75, 3.05) is 14.2 Å². The summed E-state index contributed by atoms with van der Waals surface area (Å²) in [6, 6.07) is 25.3. The molecule has 1 aliphatic rings. The molecule has 1 aliphatic carbocycles. The smallest absolute Gasteiger partial charge is 0.166 e. The summed E-state index contributed by atoms with van der Waals surface area (Å²) in [7, 11) is 3.25. The van der Waals surface area contributed by atoms with E-state index >= 15 is 0 Å². The van der Waals surface area contributed by atoms with Crippen molar-refractivity contribution in [1.29, 1.82) is 0 Å². The maximum atomic E-state index is 13.3. The lowest BCUT2D eigenvalue weighted by Gasteiger charge is -2.32. The van der Waals surface area contributed by atoms with E-state index in [9.17, 15) is 9.59 Å². The molecule has 1 saturated carbocycles. The number of Topliss-reactive ketones (excluding diaryl/α,β-unsaturated/α-hetero) is 1. The number of methoxy groups -OCH3 is 2. The van der Waals surface area contributed by atoms with E-state index in [1.54, 1.807) is 26.4 Å². The minimum Gasteiger partial charge on any atom is -0.497 e. The first-order valence-corrected chi connectivity index (χ1v) is 11.8. The number of benzene rings is 3. The molecule has 35 heavy (non-hydrogen) atoms. The van der Waals surface area contributed by atoms with E-state index in [2.05, 4.69) is 0 Å². The summed E-state index contributed by atoms with van der Waals surface area (Å²) in [5.41, 5.74) is 3.03. The third kappa shape index (κ3) is 6.15. The summed E-state index contributed by atoms with van der Waals surface area (Å²) in [5, 5.41) is 0. The predicted octanol–water partition coefficient (Wildman–Crippen LogP) is 6.38. The van der Waals surface area contributed by atoms with Crippen molar-refractivity contribution in [1.82, 2.24) is 0 Å². The molecule has 0 N–H and O–H groups in total. The monoisotopic (exact) mass is 466 g/mol. The van der Waals surface area contributed by atoms with Crippen LogP contribution in [0.2, 0.25) is 0 Å². The Morgan fingerprint density at radius 2 is 1.40 bits per heavy atom. The predicted molar refractivity (Wildman–Crippen MR) is 139 cm³/mol. The summed E-state index contributed by atoms with van der Waals surface area (Å²) >= 11 is 0. The van der Waals surface area contributed by atoms with Gasteiger partial charge in [-0.3, -0.25) is 9.59 Å². The lowest BCUT2D eigenvalue weighted by molar-refractivity contribution is -0.134. The number of carbonyl (C=O) groups is 2. The molecule has 0 aromatic heterocycles. The standard InChI is InChI=1S/C31H30O4/c1-34-27-15-9-23(10-16-27)11-19-29(32)31-25(12-8-22-6-4-3-5-7-22)20-26(21-30(31)33)24-13-17-28(35-2)18-14-24/h3-19,25-26,31H,20-21H2,1-2H3/b12-8+,19-11+/t25-,26-,31?/m1/s1. The van der Waals surface area contributed by atoms with Gasteiger partial charge in [-0.1, -0.05) is 72.8 Å². The molecule has 4 rings (SSSR count). The second-order valence-corrected chi connectivity index (χ2v) is 8.80. The molecule has 3 aromatic carbocycles. The Morgan fingerprint density at radius 3 is 2.03 bits per heavy atom. The fourth-order valence-electron chi connectivity index (χ4n) is 4.64. The largest absolute Gasteiger partial charge is 0.497 e. The Balaban J connectivity index is 1.57. The normalized spacial score (nSPS) is 20.3. The molecule has 0 amide bonds. The number of ketones is 2. The van der Waals surface area contributed by atoms with Crippen molar-refractivity contribution in [2.24, 2.45) is 11.8 Å². The summed E-state index contributed by atoms with van der Waals surface area (Å²) in [5.74, 6) is 0.578. The molecule has 0 bridgehead atoms. The number of ether oxygens (including phenoxy) is 2. The minimum atomic E-state index is -0.682. The van der Waals surface area contributed by atoms with Crippen LogP contribution in [0.1, 0.15) is 35.4 Å². The molecule has 0 spiro atoms. The van der Waals surface area contributed by atoms with Crippen molar-refractivity contribution in [3.8, 4) is 11.5 Å². The van der Waals surface area contributed by atoms with Crippen LogP contribution >= 0.6 is 0 Å². The highest BCUT2D eigenvalue weighted by molar-refractivity contribution is 6.10. The molecule has 4 heteroatoms. The van der Waals surface area contributed by atoms with Gasteiger partial charge in [0.05, 0.1) is 20.1 Å². The average molecular weight is 467 g/mol. The molecule has 0 saturated heterocycles. The molecule has 4 nitrogen and oxygen atoms in total. The summed E-state index contributed by atoms with van der Waals surface area (Å²) in [4.78, 5) is 26.6.